The summed E-state index contributed by atoms with van der Waals surface area (Å²) in [6.45, 7) is 7.98. The van der Waals surface area contributed by atoms with Crippen LogP contribution >= 0.6 is 11.6 Å². The van der Waals surface area contributed by atoms with Gasteiger partial charge in [-0.25, -0.2) is 0 Å². The Morgan fingerprint density at radius 2 is 1.88 bits per heavy atom. The minimum atomic E-state index is -0.269. The number of hydrogen-bond donors (Lipinski definition) is 1. The fraction of sp³-hybridized carbons (Fsp3) is 0.481. The molecule has 184 valence electrons. The molecule has 1 fully saturated rings. The Morgan fingerprint density at radius 3 is 2.50 bits per heavy atom. The van der Waals surface area contributed by atoms with Crippen LogP contribution < -0.4 is 10.2 Å². The molecule has 1 aliphatic rings. The number of amides is 2. The van der Waals surface area contributed by atoms with Crippen LogP contribution in [-0.2, 0) is 16.1 Å². The van der Waals surface area contributed by atoms with E-state index in [2.05, 4.69) is 26.1 Å². The molecule has 34 heavy (non-hydrogen) atoms. The van der Waals surface area contributed by atoms with Crippen molar-refractivity contribution in [2.24, 2.45) is 5.41 Å². The lowest BCUT2D eigenvalue weighted by Crippen LogP contribution is -2.38. The molecule has 6 nitrogen and oxygen atoms in total. The van der Waals surface area contributed by atoms with Crippen molar-refractivity contribution in [1.29, 1.82) is 0 Å². The highest BCUT2D eigenvalue weighted by molar-refractivity contribution is 6.34. The van der Waals surface area contributed by atoms with E-state index in [9.17, 15) is 9.59 Å². The predicted molar refractivity (Wildman–Crippen MR) is 139 cm³/mol. The number of ether oxygens (including phenoxy) is 1. The molecular formula is C27H36ClN3O3. The van der Waals surface area contributed by atoms with Gasteiger partial charge < -0.3 is 19.9 Å². The van der Waals surface area contributed by atoms with Crippen LogP contribution in [0.4, 0.5) is 11.4 Å². The summed E-state index contributed by atoms with van der Waals surface area (Å²) in [4.78, 5) is 30.0. The van der Waals surface area contributed by atoms with E-state index in [0.717, 1.165) is 30.7 Å². The number of carbonyl (C=O) groups is 2. The van der Waals surface area contributed by atoms with E-state index in [4.69, 9.17) is 16.3 Å². The fourth-order valence-corrected chi connectivity index (χ4v) is 4.35. The van der Waals surface area contributed by atoms with E-state index in [0.29, 0.717) is 35.8 Å². The number of benzene rings is 2. The van der Waals surface area contributed by atoms with Gasteiger partial charge in [0.1, 0.15) is 0 Å². The van der Waals surface area contributed by atoms with E-state index in [1.165, 1.54) is 0 Å². The van der Waals surface area contributed by atoms with Gasteiger partial charge in [-0.2, -0.15) is 0 Å². The van der Waals surface area contributed by atoms with Crippen LogP contribution in [0, 0.1) is 5.41 Å². The van der Waals surface area contributed by atoms with Crippen molar-refractivity contribution in [1.82, 2.24) is 4.90 Å². The SMILES string of the molecule is CN(C)c1ccc(NC(=O)c2ccccc2Cl)cc1CN(CC1CCCO1)C(=O)CC(C)(C)C. The van der Waals surface area contributed by atoms with Gasteiger partial charge in [0.2, 0.25) is 5.91 Å². The molecule has 1 unspecified atom stereocenters. The second-order valence-electron chi connectivity index (χ2n) is 10.3. The maximum Gasteiger partial charge on any atom is 0.257 e. The van der Waals surface area contributed by atoms with Crippen molar-refractivity contribution < 1.29 is 14.3 Å². The zero-order valence-corrected chi connectivity index (χ0v) is 21.6. The quantitative estimate of drug-likeness (QED) is 0.528. The third kappa shape index (κ3) is 7.21. The maximum absolute atomic E-state index is 13.3. The minimum absolute atomic E-state index is 0.0647. The highest BCUT2D eigenvalue weighted by atomic mass is 35.5. The Morgan fingerprint density at radius 1 is 1.15 bits per heavy atom. The first kappa shape index (κ1) is 26.0. The Bertz CT molecular complexity index is 1010. The van der Waals surface area contributed by atoms with Crippen LogP contribution in [0.5, 0.6) is 0 Å². The first-order chi connectivity index (χ1) is 16.0. The molecule has 0 radical (unpaired) electrons. The third-order valence-electron chi connectivity index (χ3n) is 5.78. The lowest BCUT2D eigenvalue weighted by Gasteiger charge is -2.30. The molecule has 3 rings (SSSR count). The van der Waals surface area contributed by atoms with Crippen LogP contribution in [0.2, 0.25) is 5.02 Å². The number of hydrogen-bond acceptors (Lipinski definition) is 4. The topological polar surface area (TPSA) is 61.9 Å². The molecule has 2 amide bonds. The molecule has 7 heteroatoms. The van der Waals surface area contributed by atoms with E-state index in [1.807, 2.05) is 42.1 Å². The van der Waals surface area contributed by atoms with Gasteiger partial charge in [0.15, 0.2) is 0 Å². The van der Waals surface area contributed by atoms with E-state index < -0.39 is 0 Å². The van der Waals surface area contributed by atoms with Crippen molar-refractivity contribution >= 4 is 34.8 Å². The molecule has 0 aromatic heterocycles. The van der Waals surface area contributed by atoms with Crippen LogP contribution in [0.25, 0.3) is 0 Å². The van der Waals surface area contributed by atoms with Crippen molar-refractivity contribution in [3.8, 4) is 0 Å². The van der Waals surface area contributed by atoms with Crippen LogP contribution in [0.15, 0.2) is 42.5 Å². The predicted octanol–water partition coefficient (Wildman–Crippen LogP) is 5.60. The molecule has 2 aromatic rings. The molecule has 1 atom stereocenters. The molecule has 1 saturated heterocycles. The normalized spacial score (nSPS) is 15.8. The van der Waals surface area contributed by atoms with Crippen LogP contribution in [-0.4, -0.2) is 50.1 Å². The average molecular weight is 486 g/mol. The monoisotopic (exact) mass is 485 g/mol. The highest BCUT2D eigenvalue weighted by Gasteiger charge is 2.27. The van der Waals surface area contributed by atoms with Gasteiger partial charge in [0.05, 0.1) is 16.7 Å². The molecule has 0 aliphatic carbocycles. The zero-order valence-electron chi connectivity index (χ0n) is 20.9. The first-order valence-corrected chi connectivity index (χ1v) is 12.2. The van der Waals surface area contributed by atoms with Crippen molar-refractivity contribution in [2.75, 3.05) is 37.5 Å². The van der Waals surface area contributed by atoms with Crippen LogP contribution in [0.3, 0.4) is 0 Å². The van der Waals surface area contributed by atoms with Crippen molar-refractivity contribution in [3.05, 3.63) is 58.6 Å². The molecule has 0 spiro atoms. The summed E-state index contributed by atoms with van der Waals surface area (Å²) < 4.78 is 5.84. The molecule has 1 N–H and O–H groups in total. The third-order valence-corrected chi connectivity index (χ3v) is 6.11. The smallest absolute Gasteiger partial charge is 0.257 e. The summed E-state index contributed by atoms with van der Waals surface area (Å²) in [7, 11) is 3.95. The van der Waals surface area contributed by atoms with Gasteiger partial charge in [-0.3, -0.25) is 9.59 Å². The maximum atomic E-state index is 13.3. The Hall–Kier alpha value is -2.57. The van der Waals surface area contributed by atoms with Crippen molar-refractivity contribution in [2.45, 2.75) is 52.7 Å². The van der Waals surface area contributed by atoms with E-state index in [1.54, 1.807) is 24.3 Å². The second kappa shape index (κ2) is 11.2. The molecule has 2 aromatic carbocycles. The standard InChI is InChI=1S/C27H36ClN3O3/c1-27(2,3)16-25(32)31(18-21-9-8-14-34-21)17-19-15-20(12-13-24(19)30(4)5)29-26(33)22-10-6-7-11-23(22)28/h6-7,10-13,15,21H,8-9,14,16-18H2,1-5H3,(H,29,33). The van der Waals surface area contributed by atoms with Gasteiger partial charge in [0, 0.05) is 51.6 Å². The van der Waals surface area contributed by atoms with Gasteiger partial charge in [-0.15, -0.1) is 0 Å². The summed E-state index contributed by atoms with van der Waals surface area (Å²) in [5.74, 6) is -0.160. The average Bonchev–Trinajstić information content (AvgIpc) is 3.25. The van der Waals surface area contributed by atoms with Gasteiger partial charge in [0.25, 0.3) is 5.91 Å². The van der Waals surface area contributed by atoms with Gasteiger partial charge >= 0.3 is 0 Å². The second-order valence-corrected chi connectivity index (χ2v) is 10.7. The summed E-state index contributed by atoms with van der Waals surface area (Å²) in [6.07, 6.45) is 2.52. The molecule has 1 aliphatic heterocycles. The van der Waals surface area contributed by atoms with Gasteiger partial charge in [-0.05, 0) is 54.2 Å². The zero-order chi connectivity index (χ0) is 24.9. The lowest BCUT2D eigenvalue weighted by molar-refractivity contribution is -0.135. The fourth-order valence-electron chi connectivity index (χ4n) is 4.13. The molecule has 0 saturated carbocycles. The summed E-state index contributed by atoms with van der Waals surface area (Å²) >= 11 is 6.20. The molecule has 1 heterocycles. The minimum Gasteiger partial charge on any atom is -0.377 e. The summed E-state index contributed by atoms with van der Waals surface area (Å²) in [5.41, 5.74) is 2.92. The van der Waals surface area contributed by atoms with Crippen molar-refractivity contribution in [3.63, 3.8) is 0 Å². The Balaban J connectivity index is 1.86. The largest absolute Gasteiger partial charge is 0.377 e. The Kier molecular flexibility index (Phi) is 8.61. The number of carbonyl (C=O) groups excluding carboxylic acids is 2. The van der Waals surface area contributed by atoms with E-state index in [-0.39, 0.29) is 23.3 Å². The van der Waals surface area contributed by atoms with E-state index >= 15 is 0 Å². The highest BCUT2D eigenvalue weighted by Crippen LogP contribution is 2.28. The number of nitrogens with zero attached hydrogens (tertiary/aromatic N) is 2. The summed E-state index contributed by atoms with van der Waals surface area (Å²) in [6, 6.07) is 12.7. The molecule has 0 bridgehead atoms. The number of rotatable bonds is 8. The summed E-state index contributed by atoms with van der Waals surface area (Å²) in [5, 5.41) is 3.35. The lowest BCUT2D eigenvalue weighted by atomic mass is 9.91. The molecular weight excluding hydrogens is 450 g/mol. The first-order valence-electron chi connectivity index (χ1n) is 11.8. The van der Waals surface area contributed by atoms with Gasteiger partial charge in [-0.1, -0.05) is 44.5 Å². The van der Waals surface area contributed by atoms with Crippen LogP contribution in [0.1, 0.15) is 56.0 Å². The number of halogens is 1. The number of nitrogens with one attached hydrogen (secondary N) is 1. The Labute approximate surface area is 208 Å². The number of anilines is 2.